The quantitative estimate of drug-likeness (QED) is 0.404. The number of ether oxygens (including phenoxy) is 1. The van der Waals surface area contributed by atoms with Gasteiger partial charge in [-0.2, -0.15) is 0 Å². The van der Waals surface area contributed by atoms with Crippen LogP contribution in [0.15, 0.2) is 23.8 Å². The fraction of sp³-hybridized carbons (Fsp3) is 0.680. The number of fused-ring (bicyclic) bond motifs is 5. The molecule has 0 aromatic carbocycles. The van der Waals surface area contributed by atoms with Crippen LogP contribution in [0, 0.1) is 28.6 Å². The average molecular weight is 497 g/mol. The molecule has 0 heterocycles. The summed E-state index contributed by atoms with van der Waals surface area (Å²) in [6.07, 6.45) is 5.59. The summed E-state index contributed by atoms with van der Waals surface area (Å²) in [6.45, 7) is 7.01. The van der Waals surface area contributed by atoms with E-state index in [9.17, 15) is 19.2 Å². The number of carbonyl (C=O) groups is 4. The molecule has 180 valence electrons. The Balaban J connectivity index is 1.85. The van der Waals surface area contributed by atoms with Crippen LogP contribution in [-0.4, -0.2) is 39.1 Å². The number of ketones is 2. The van der Waals surface area contributed by atoms with Crippen LogP contribution in [-0.2, 0) is 23.9 Å². The first-order valence-electron chi connectivity index (χ1n) is 11.5. The SMILES string of the molecule is CCC(=O)O[C@]1(C(=O)SCCl)[C@@H](C)C[C@H]2[C@@H]3CCC4=CC(=O)C=C[C@]4(C)[C@@]3(F)C(=O)C[C@@]21C. The second-order valence-electron chi connectivity index (χ2n) is 10.3. The van der Waals surface area contributed by atoms with E-state index in [1.807, 2.05) is 13.8 Å². The van der Waals surface area contributed by atoms with Crippen molar-refractivity contribution in [3.63, 3.8) is 0 Å². The zero-order valence-electron chi connectivity index (χ0n) is 19.4. The fourth-order valence-electron chi connectivity index (χ4n) is 7.36. The van der Waals surface area contributed by atoms with Crippen molar-refractivity contribution in [2.45, 2.75) is 71.1 Å². The molecule has 0 spiro atoms. The second-order valence-corrected chi connectivity index (χ2v) is 11.9. The summed E-state index contributed by atoms with van der Waals surface area (Å²) >= 11 is 6.75. The predicted molar refractivity (Wildman–Crippen MR) is 124 cm³/mol. The molecule has 0 radical (unpaired) electrons. The zero-order valence-corrected chi connectivity index (χ0v) is 21.0. The maximum Gasteiger partial charge on any atom is 0.306 e. The number of Topliss-reactive ketones (excluding diaryl/α,β-unsaturated/α-hetero) is 1. The summed E-state index contributed by atoms with van der Waals surface area (Å²) in [7, 11) is 0. The minimum Gasteiger partial charge on any atom is -0.449 e. The number of esters is 1. The number of halogens is 2. The minimum absolute atomic E-state index is 0.00675. The number of hydrogen-bond donors (Lipinski definition) is 0. The summed E-state index contributed by atoms with van der Waals surface area (Å²) in [5.74, 6) is -2.69. The van der Waals surface area contributed by atoms with E-state index in [2.05, 4.69) is 0 Å². The highest BCUT2D eigenvalue weighted by atomic mass is 35.5. The van der Waals surface area contributed by atoms with E-state index in [1.54, 1.807) is 19.9 Å². The van der Waals surface area contributed by atoms with Gasteiger partial charge >= 0.3 is 5.97 Å². The average Bonchev–Trinajstić information content (AvgIpc) is 2.97. The lowest BCUT2D eigenvalue weighted by Crippen LogP contribution is -2.68. The Hall–Kier alpha value is -1.47. The van der Waals surface area contributed by atoms with Crippen molar-refractivity contribution in [2.24, 2.45) is 28.6 Å². The lowest BCUT2D eigenvalue weighted by molar-refractivity contribution is -0.198. The lowest BCUT2D eigenvalue weighted by Gasteiger charge is -2.59. The van der Waals surface area contributed by atoms with Gasteiger partial charge in [-0.1, -0.05) is 44.2 Å². The Morgan fingerprint density at radius 3 is 2.61 bits per heavy atom. The van der Waals surface area contributed by atoms with Crippen molar-refractivity contribution in [1.82, 2.24) is 0 Å². The summed E-state index contributed by atoms with van der Waals surface area (Å²) < 4.78 is 23.1. The molecule has 0 amide bonds. The first kappa shape index (κ1) is 24.6. The Labute approximate surface area is 202 Å². The zero-order chi connectivity index (χ0) is 24.4. The minimum atomic E-state index is -2.19. The summed E-state index contributed by atoms with van der Waals surface area (Å²) in [4.78, 5) is 51.7. The molecule has 4 rings (SSSR count). The molecule has 4 aliphatic carbocycles. The molecule has 3 fully saturated rings. The number of thioether (sulfide) groups is 1. The van der Waals surface area contributed by atoms with E-state index in [1.165, 1.54) is 12.2 Å². The van der Waals surface area contributed by atoms with Crippen LogP contribution in [0.1, 0.15) is 59.8 Å². The number of hydrogen-bond acceptors (Lipinski definition) is 6. The third kappa shape index (κ3) is 3.03. The van der Waals surface area contributed by atoms with Crippen LogP contribution in [0.25, 0.3) is 0 Å². The highest BCUT2D eigenvalue weighted by Gasteiger charge is 2.77. The molecule has 0 aromatic heterocycles. The topological polar surface area (TPSA) is 77.5 Å². The van der Waals surface area contributed by atoms with Gasteiger partial charge in [0.15, 0.2) is 22.8 Å². The van der Waals surface area contributed by atoms with Crippen molar-refractivity contribution in [1.29, 1.82) is 0 Å². The maximum absolute atomic E-state index is 17.2. The van der Waals surface area contributed by atoms with E-state index >= 15 is 4.39 Å². The Bertz CT molecular complexity index is 993. The Kier molecular flexibility index (Phi) is 6.01. The fourth-order valence-corrected chi connectivity index (χ4v) is 8.45. The summed E-state index contributed by atoms with van der Waals surface area (Å²) in [6, 6.07) is 0. The van der Waals surface area contributed by atoms with Crippen molar-refractivity contribution >= 4 is 46.0 Å². The van der Waals surface area contributed by atoms with Gasteiger partial charge in [-0.3, -0.25) is 19.2 Å². The van der Waals surface area contributed by atoms with Crippen molar-refractivity contribution in [2.75, 3.05) is 5.21 Å². The monoisotopic (exact) mass is 496 g/mol. The number of allylic oxidation sites excluding steroid dienone is 4. The van der Waals surface area contributed by atoms with Gasteiger partial charge in [0.2, 0.25) is 5.12 Å². The molecular weight excluding hydrogens is 467 g/mol. The van der Waals surface area contributed by atoms with Crippen LogP contribution >= 0.6 is 23.4 Å². The van der Waals surface area contributed by atoms with Crippen LogP contribution in [0.2, 0.25) is 0 Å². The third-order valence-corrected chi connectivity index (χ3v) is 10.00. The first-order valence-corrected chi connectivity index (χ1v) is 13.1. The molecule has 5 nitrogen and oxygen atoms in total. The highest BCUT2D eigenvalue weighted by Crippen LogP contribution is 2.70. The first-order chi connectivity index (χ1) is 15.4. The van der Waals surface area contributed by atoms with Crippen LogP contribution < -0.4 is 0 Å². The smallest absolute Gasteiger partial charge is 0.306 e. The standard InChI is InChI=1S/C25H30ClFO5S/c1-5-20(30)32-25(21(31)33-13-26)14(2)10-18-17-7-6-15-11-16(28)8-9-22(15,3)24(17,27)19(29)12-23(18,25)4/h8-9,11,14,17-18H,5-7,10,12-13H2,1-4H3/t14-,17-,18-,22-,23-,24-,25-/m0/s1. The highest BCUT2D eigenvalue weighted by molar-refractivity contribution is 8.14. The van der Waals surface area contributed by atoms with Crippen molar-refractivity contribution in [3.05, 3.63) is 23.8 Å². The maximum atomic E-state index is 17.2. The van der Waals surface area contributed by atoms with Crippen LogP contribution in [0.3, 0.4) is 0 Å². The molecule has 4 aliphatic rings. The summed E-state index contributed by atoms with van der Waals surface area (Å²) in [5.41, 5.74) is -5.33. The van der Waals surface area contributed by atoms with Gasteiger partial charge in [0.1, 0.15) is 0 Å². The largest absolute Gasteiger partial charge is 0.449 e. The van der Waals surface area contributed by atoms with E-state index in [4.69, 9.17) is 16.3 Å². The van der Waals surface area contributed by atoms with Gasteiger partial charge in [-0.05, 0) is 44.3 Å². The molecule has 8 heteroatoms. The molecule has 7 atom stereocenters. The Morgan fingerprint density at radius 2 is 1.97 bits per heavy atom. The van der Waals surface area contributed by atoms with Gasteiger partial charge in [0.25, 0.3) is 0 Å². The van der Waals surface area contributed by atoms with E-state index < -0.39 is 45.7 Å². The van der Waals surface area contributed by atoms with Gasteiger partial charge < -0.3 is 4.74 Å². The second kappa shape index (κ2) is 8.04. The third-order valence-electron chi connectivity index (χ3n) is 9.00. The molecule has 3 saturated carbocycles. The molecule has 33 heavy (non-hydrogen) atoms. The van der Waals surface area contributed by atoms with Gasteiger partial charge in [-0.25, -0.2) is 4.39 Å². The molecule has 0 aromatic rings. The van der Waals surface area contributed by atoms with Crippen molar-refractivity contribution < 1.29 is 28.3 Å². The van der Waals surface area contributed by atoms with Gasteiger partial charge in [-0.15, -0.1) is 11.6 Å². The molecule has 0 aliphatic heterocycles. The molecule has 0 unspecified atom stereocenters. The molecule has 0 N–H and O–H groups in total. The molecule has 0 bridgehead atoms. The van der Waals surface area contributed by atoms with Gasteiger partial charge in [0, 0.05) is 35.5 Å². The van der Waals surface area contributed by atoms with Crippen LogP contribution in [0.5, 0.6) is 0 Å². The number of carbonyl (C=O) groups excluding carboxylic acids is 4. The molecular formula is C25H30ClFO5S. The lowest BCUT2D eigenvalue weighted by atomic mass is 9.45. The van der Waals surface area contributed by atoms with E-state index in [0.717, 1.165) is 11.8 Å². The molecule has 0 saturated heterocycles. The van der Waals surface area contributed by atoms with E-state index in [0.29, 0.717) is 24.8 Å². The van der Waals surface area contributed by atoms with Crippen LogP contribution in [0.4, 0.5) is 4.39 Å². The van der Waals surface area contributed by atoms with Crippen molar-refractivity contribution in [3.8, 4) is 0 Å². The predicted octanol–water partition coefficient (Wildman–Crippen LogP) is 4.96. The number of alkyl halides is 2. The summed E-state index contributed by atoms with van der Waals surface area (Å²) in [5, 5.41) is -0.380. The normalized spacial score (nSPS) is 43.9. The number of rotatable bonds is 4. The van der Waals surface area contributed by atoms with E-state index in [-0.39, 0.29) is 34.9 Å². The Morgan fingerprint density at radius 1 is 1.27 bits per heavy atom. The van der Waals surface area contributed by atoms with Gasteiger partial charge in [0.05, 0.1) is 5.21 Å².